The number of halogens is 4. The first-order valence-electron chi connectivity index (χ1n) is 12.0. The summed E-state index contributed by atoms with van der Waals surface area (Å²) in [6.45, 7) is 7.02. The fourth-order valence-corrected chi connectivity index (χ4v) is 4.80. The molecule has 0 aromatic heterocycles. The third kappa shape index (κ3) is 8.62. The van der Waals surface area contributed by atoms with Crippen LogP contribution < -0.4 is 9.62 Å². The molecule has 0 heterocycles. The highest BCUT2D eigenvalue weighted by atomic mass is 35.5. The number of anilines is 1. The standard InChI is InChI=1S/C26H33ClF3N3O4S/c1-6-23(25(35)31-14-17(2)3)32(15-19-9-7-18(4)8-10-19)24(34)16-33(38(5,36)37)20-11-12-22(27)21(13-20)26(28,29)30/h7-13,17,23H,6,14-16H2,1-5H3,(H,31,35)/t23-/m0/s1. The molecule has 0 spiro atoms. The van der Waals surface area contributed by atoms with E-state index in [1.165, 1.54) is 4.90 Å². The molecule has 210 valence electrons. The maximum absolute atomic E-state index is 13.6. The van der Waals surface area contributed by atoms with E-state index in [0.717, 1.165) is 24.0 Å². The molecule has 1 atom stereocenters. The van der Waals surface area contributed by atoms with Gasteiger partial charge in [-0.25, -0.2) is 8.42 Å². The van der Waals surface area contributed by atoms with Gasteiger partial charge < -0.3 is 10.2 Å². The minimum atomic E-state index is -4.83. The van der Waals surface area contributed by atoms with Crippen LogP contribution in [0.3, 0.4) is 0 Å². The van der Waals surface area contributed by atoms with Gasteiger partial charge in [0, 0.05) is 13.1 Å². The lowest BCUT2D eigenvalue weighted by molar-refractivity contribution is -0.140. The van der Waals surface area contributed by atoms with E-state index in [0.29, 0.717) is 22.5 Å². The Hall–Kier alpha value is -2.79. The molecular formula is C26H33ClF3N3O4S. The van der Waals surface area contributed by atoms with Gasteiger partial charge in [-0.1, -0.05) is 62.2 Å². The molecule has 2 aromatic carbocycles. The number of nitrogens with zero attached hydrogens (tertiary/aromatic N) is 2. The van der Waals surface area contributed by atoms with Crippen LogP contribution >= 0.6 is 11.6 Å². The summed E-state index contributed by atoms with van der Waals surface area (Å²) in [5.41, 5.74) is 0.0922. The summed E-state index contributed by atoms with van der Waals surface area (Å²) in [6.07, 6.45) is -3.81. The largest absolute Gasteiger partial charge is 0.417 e. The smallest absolute Gasteiger partial charge is 0.354 e. The first kappa shape index (κ1) is 31.4. The van der Waals surface area contributed by atoms with Crippen molar-refractivity contribution < 1.29 is 31.2 Å². The quantitative estimate of drug-likeness (QED) is 0.408. The maximum atomic E-state index is 13.6. The first-order valence-corrected chi connectivity index (χ1v) is 14.2. The van der Waals surface area contributed by atoms with Crippen LogP contribution in [0.5, 0.6) is 0 Å². The summed E-state index contributed by atoms with van der Waals surface area (Å²) < 4.78 is 66.2. The number of hydrogen-bond donors (Lipinski definition) is 1. The van der Waals surface area contributed by atoms with Crippen molar-refractivity contribution in [2.45, 2.75) is 52.9 Å². The van der Waals surface area contributed by atoms with E-state index in [1.54, 1.807) is 19.1 Å². The van der Waals surface area contributed by atoms with Crippen molar-refractivity contribution in [2.24, 2.45) is 5.92 Å². The molecule has 0 saturated heterocycles. The maximum Gasteiger partial charge on any atom is 0.417 e. The van der Waals surface area contributed by atoms with Gasteiger partial charge in [0.15, 0.2) is 0 Å². The SMILES string of the molecule is CC[C@@H](C(=O)NCC(C)C)N(Cc1ccc(C)cc1)C(=O)CN(c1ccc(Cl)c(C(F)(F)F)c1)S(C)(=O)=O. The number of aryl methyl sites for hydroxylation is 1. The van der Waals surface area contributed by atoms with E-state index in [2.05, 4.69) is 5.32 Å². The van der Waals surface area contributed by atoms with Crippen molar-refractivity contribution in [3.05, 3.63) is 64.2 Å². The molecular weight excluding hydrogens is 543 g/mol. The molecule has 38 heavy (non-hydrogen) atoms. The molecule has 0 saturated carbocycles. The van der Waals surface area contributed by atoms with Gasteiger partial charge >= 0.3 is 6.18 Å². The predicted molar refractivity (Wildman–Crippen MR) is 142 cm³/mol. The number of carbonyl (C=O) groups is 2. The van der Waals surface area contributed by atoms with Gasteiger partial charge in [0.25, 0.3) is 0 Å². The van der Waals surface area contributed by atoms with E-state index in [1.807, 2.05) is 32.9 Å². The number of alkyl halides is 3. The lowest BCUT2D eigenvalue weighted by Crippen LogP contribution is -2.52. The Morgan fingerprint density at radius 2 is 1.68 bits per heavy atom. The number of sulfonamides is 1. The zero-order valence-electron chi connectivity index (χ0n) is 22.0. The van der Waals surface area contributed by atoms with Gasteiger partial charge in [-0.2, -0.15) is 13.2 Å². The van der Waals surface area contributed by atoms with E-state index in [-0.39, 0.29) is 24.6 Å². The molecule has 7 nitrogen and oxygen atoms in total. The Kier molecular flexibility index (Phi) is 10.6. The molecule has 0 unspecified atom stereocenters. The van der Waals surface area contributed by atoms with E-state index in [4.69, 9.17) is 11.6 Å². The molecule has 0 fully saturated rings. The second kappa shape index (κ2) is 12.8. The number of benzene rings is 2. The first-order chi connectivity index (χ1) is 17.5. The normalized spacial score (nSPS) is 12.8. The number of amides is 2. The molecule has 2 amide bonds. The van der Waals surface area contributed by atoms with Crippen LogP contribution in [-0.2, 0) is 32.3 Å². The van der Waals surface area contributed by atoms with Crippen molar-refractivity contribution in [3.63, 3.8) is 0 Å². The van der Waals surface area contributed by atoms with Crippen molar-refractivity contribution in [1.29, 1.82) is 0 Å². The molecule has 0 aliphatic heterocycles. The summed E-state index contributed by atoms with van der Waals surface area (Å²) >= 11 is 5.70. The van der Waals surface area contributed by atoms with Crippen LogP contribution in [0.25, 0.3) is 0 Å². The monoisotopic (exact) mass is 575 g/mol. The highest BCUT2D eigenvalue weighted by Gasteiger charge is 2.36. The van der Waals surface area contributed by atoms with E-state index in [9.17, 15) is 31.2 Å². The van der Waals surface area contributed by atoms with Crippen molar-refractivity contribution >= 4 is 39.1 Å². The molecule has 0 aliphatic carbocycles. The summed E-state index contributed by atoms with van der Waals surface area (Å²) in [4.78, 5) is 27.9. The minimum Gasteiger partial charge on any atom is -0.354 e. The van der Waals surface area contributed by atoms with Gasteiger partial charge in [0.05, 0.1) is 22.5 Å². The molecule has 2 aromatic rings. The van der Waals surface area contributed by atoms with Crippen LogP contribution in [0.1, 0.15) is 43.9 Å². The van der Waals surface area contributed by atoms with Crippen molar-refractivity contribution in [2.75, 3.05) is 23.7 Å². The minimum absolute atomic E-state index is 0.00125. The van der Waals surface area contributed by atoms with Gasteiger partial charge in [-0.3, -0.25) is 13.9 Å². The molecule has 0 bridgehead atoms. The lowest BCUT2D eigenvalue weighted by atomic mass is 10.1. The molecule has 12 heteroatoms. The Balaban J connectivity index is 2.50. The topological polar surface area (TPSA) is 86.8 Å². The zero-order valence-corrected chi connectivity index (χ0v) is 23.5. The lowest BCUT2D eigenvalue weighted by Gasteiger charge is -2.33. The number of nitrogens with one attached hydrogen (secondary N) is 1. The van der Waals surface area contributed by atoms with E-state index >= 15 is 0 Å². The Bertz CT molecular complexity index is 1240. The number of carbonyl (C=O) groups excluding carboxylic acids is 2. The van der Waals surface area contributed by atoms with Gasteiger partial charge in [-0.15, -0.1) is 0 Å². The Labute approximate surface area is 227 Å². The average Bonchev–Trinajstić information content (AvgIpc) is 2.81. The fourth-order valence-electron chi connectivity index (χ4n) is 3.73. The summed E-state index contributed by atoms with van der Waals surface area (Å²) in [5.74, 6) is -0.990. The molecule has 0 radical (unpaired) electrons. The highest BCUT2D eigenvalue weighted by Crippen LogP contribution is 2.37. The number of hydrogen-bond acceptors (Lipinski definition) is 4. The predicted octanol–water partition coefficient (Wildman–Crippen LogP) is 5.01. The third-order valence-electron chi connectivity index (χ3n) is 5.77. The second-order valence-electron chi connectivity index (χ2n) is 9.50. The summed E-state index contributed by atoms with van der Waals surface area (Å²) in [5, 5.41) is 2.20. The molecule has 1 N–H and O–H groups in total. The van der Waals surface area contributed by atoms with Gasteiger partial charge in [0.1, 0.15) is 12.6 Å². The zero-order chi connectivity index (χ0) is 28.8. The Morgan fingerprint density at radius 3 is 2.18 bits per heavy atom. The van der Waals surface area contributed by atoms with E-state index < -0.39 is 51.2 Å². The Morgan fingerprint density at radius 1 is 1.08 bits per heavy atom. The molecule has 0 aliphatic rings. The third-order valence-corrected chi connectivity index (χ3v) is 7.24. The second-order valence-corrected chi connectivity index (χ2v) is 11.8. The molecule has 2 rings (SSSR count). The number of rotatable bonds is 11. The summed E-state index contributed by atoms with van der Waals surface area (Å²) in [7, 11) is -4.20. The highest BCUT2D eigenvalue weighted by molar-refractivity contribution is 7.92. The van der Waals surface area contributed by atoms with Crippen molar-refractivity contribution in [3.8, 4) is 0 Å². The van der Waals surface area contributed by atoms with Crippen LogP contribution in [0.15, 0.2) is 42.5 Å². The van der Waals surface area contributed by atoms with Crippen LogP contribution in [0.4, 0.5) is 18.9 Å². The fraction of sp³-hybridized carbons (Fsp3) is 0.462. The summed E-state index contributed by atoms with van der Waals surface area (Å²) in [6, 6.07) is 8.95. The average molecular weight is 576 g/mol. The van der Waals surface area contributed by atoms with Crippen LogP contribution in [0.2, 0.25) is 5.02 Å². The van der Waals surface area contributed by atoms with Crippen LogP contribution in [-0.4, -0.2) is 50.5 Å². The van der Waals surface area contributed by atoms with Gasteiger partial charge in [-0.05, 0) is 43.0 Å². The van der Waals surface area contributed by atoms with Crippen molar-refractivity contribution in [1.82, 2.24) is 10.2 Å². The van der Waals surface area contributed by atoms with Gasteiger partial charge in [0.2, 0.25) is 21.8 Å². The van der Waals surface area contributed by atoms with Crippen LogP contribution in [0, 0.1) is 12.8 Å².